The molecule has 2 N–H and O–H groups in total. The Bertz CT molecular complexity index is 1220. The first-order chi connectivity index (χ1) is 14.5. The predicted molar refractivity (Wildman–Crippen MR) is 118 cm³/mol. The van der Waals surface area contributed by atoms with Gasteiger partial charge in [-0.1, -0.05) is 41.9 Å². The zero-order valence-electron chi connectivity index (χ0n) is 15.6. The number of para-hydroxylation sites is 1. The second-order valence-corrected chi connectivity index (χ2v) is 8.22. The van der Waals surface area contributed by atoms with Gasteiger partial charge in [0.05, 0.1) is 26.9 Å². The van der Waals surface area contributed by atoms with Crippen molar-refractivity contribution >= 4 is 40.5 Å². The van der Waals surface area contributed by atoms with Gasteiger partial charge in [-0.15, -0.1) is 11.3 Å². The van der Waals surface area contributed by atoms with E-state index in [9.17, 15) is 9.59 Å². The normalized spacial score (nSPS) is 10.7. The second kappa shape index (κ2) is 8.52. The van der Waals surface area contributed by atoms with Crippen LogP contribution in [0.4, 0.5) is 5.69 Å². The maximum absolute atomic E-state index is 13.1. The molecule has 0 aliphatic rings. The Hall–Kier alpha value is -3.42. The number of hydrogen-bond donors (Lipinski definition) is 2. The number of hydrogen-bond acceptors (Lipinski definition) is 4. The smallest absolute Gasteiger partial charge is 0.307 e. The van der Waals surface area contributed by atoms with Crippen LogP contribution in [-0.4, -0.2) is 26.8 Å². The average molecular weight is 438 g/mol. The molecule has 0 aliphatic carbocycles. The lowest BCUT2D eigenvalue weighted by atomic mass is 10.1. The van der Waals surface area contributed by atoms with Gasteiger partial charge in [-0.2, -0.15) is 5.10 Å². The van der Waals surface area contributed by atoms with Crippen LogP contribution in [0.1, 0.15) is 15.9 Å². The summed E-state index contributed by atoms with van der Waals surface area (Å²) in [5, 5.41) is 16.4. The Morgan fingerprint density at radius 2 is 1.87 bits per heavy atom. The van der Waals surface area contributed by atoms with Crippen molar-refractivity contribution in [2.24, 2.45) is 0 Å². The molecule has 0 unspecified atom stereocenters. The Balaban J connectivity index is 1.69. The van der Waals surface area contributed by atoms with E-state index in [0.29, 0.717) is 26.8 Å². The van der Waals surface area contributed by atoms with Crippen molar-refractivity contribution in [2.75, 3.05) is 5.32 Å². The number of anilines is 1. The number of benzene rings is 2. The highest BCUT2D eigenvalue weighted by Gasteiger charge is 2.20. The summed E-state index contributed by atoms with van der Waals surface area (Å²) in [6.45, 7) is 0. The molecule has 0 aliphatic heterocycles. The number of nitrogens with one attached hydrogen (secondary N) is 1. The minimum absolute atomic E-state index is 0.116. The fraction of sp³-hybridized carbons (Fsp3) is 0.0455. The van der Waals surface area contributed by atoms with Crippen LogP contribution in [0, 0.1) is 0 Å². The summed E-state index contributed by atoms with van der Waals surface area (Å²) in [5.74, 6) is -1.27. The molecule has 2 aromatic carbocycles. The molecule has 6 nitrogen and oxygen atoms in total. The van der Waals surface area contributed by atoms with E-state index in [-0.39, 0.29) is 12.3 Å². The molecule has 0 atom stereocenters. The van der Waals surface area contributed by atoms with Crippen LogP contribution in [0.2, 0.25) is 4.34 Å². The average Bonchev–Trinajstić information content (AvgIpc) is 3.35. The Labute approximate surface area is 181 Å². The number of nitrogens with zero attached hydrogens (tertiary/aromatic N) is 2. The number of carboxylic acid groups (broad SMARTS) is 1. The first-order valence-corrected chi connectivity index (χ1v) is 10.2. The van der Waals surface area contributed by atoms with E-state index in [0.717, 1.165) is 10.6 Å². The van der Waals surface area contributed by atoms with Gasteiger partial charge >= 0.3 is 5.97 Å². The topological polar surface area (TPSA) is 84.2 Å². The molecule has 1 amide bonds. The Morgan fingerprint density at radius 3 is 2.57 bits per heavy atom. The maximum Gasteiger partial charge on any atom is 0.307 e. The highest BCUT2D eigenvalue weighted by Crippen LogP contribution is 2.33. The zero-order chi connectivity index (χ0) is 21.1. The van der Waals surface area contributed by atoms with Crippen molar-refractivity contribution in [3.63, 3.8) is 0 Å². The molecule has 0 saturated heterocycles. The lowest BCUT2D eigenvalue weighted by molar-refractivity contribution is -0.136. The fourth-order valence-corrected chi connectivity index (χ4v) is 4.05. The minimum atomic E-state index is -0.931. The third-order valence-corrected chi connectivity index (χ3v) is 5.56. The van der Waals surface area contributed by atoms with Crippen LogP contribution >= 0.6 is 22.9 Å². The third-order valence-electron chi connectivity index (χ3n) is 4.33. The van der Waals surface area contributed by atoms with Crippen LogP contribution in [0.25, 0.3) is 16.3 Å². The molecule has 0 bridgehead atoms. The van der Waals surface area contributed by atoms with Gasteiger partial charge in [0.2, 0.25) is 0 Å². The second-order valence-electron chi connectivity index (χ2n) is 6.50. The molecule has 4 rings (SSSR count). The van der Waals surface area contributed by atoms with Crippen LogP contribution in [-0.2, 0) is 11.2 Å². The van der Waals surface area contributed by atoms with Crippen LogP contribution in [0.3, 0.4) is 0 Å². The number of aliphatic carboxylic acids is 1. The van der Waals surface area contributed by atoms with Gasteiger partial charge in [0.15, 0.2) is 0 Å². The van der Waals surface area contributed by atoms with Crippen LogP contribution in [0.15, 0.2) is 72.9 Å². The number of rotatable bonds is 6. The van der Waals surface area contributed by atoms with Crippen molar-refractivity contribution < 1.29 is 14.7 Å². The van der Waals surface area contributed by atoms with Crippen molar-refractivity contribution in [2.45, 2.75) is 6.42 Å². The van der Waals surface area contributed by atoms with E-state index < -0.39 is 5.97 Å². The molecule has 30 heavy (non-hydrogen) atoms. The standard InChI is InChI=1S/C22H16ClN3O3S/c23-19-10-9-18(30-19)21-17(13-26(25-21)16-7-2-1-3-8-16)22(29)24-15-6-4-5-14(11-15)12-20(27)28/h1-11,13H,12H2,(H,24,29)(H,27,28). The number of carbonyl (C=O) groups excluding carboxylic acids is 1. The molecule has 4 aromatic rings. The van der Waals surface area contributed by atoms with Gasteiger partial charge in [0, 0.05) is 11.9 Å². The summed E-state index contributed by atoms with van der Waals surface area (Å²) < 4.78 is 2.26. The predicted octanol–water partition coefficient (Wildman–Crippen LogP) is 5.13. The maximum atomic E-state index is 13.1. The van der Waals surface area contributed by atoms with E-state index in [2.05, 4.69) is 10.4 Å². The van der Waals surface area contributed by atoms with E-state index in [1.165, 1.54) is 11.3 Å². The van der Waals surface area contributed by atoms with Crippen molar-refractivity contribution in [1.29, 1.82) is 0 Å². The Morgan fingerprint density at radius 1 is 1.07 bits per heavy atom. The molecule has 2 heterocycles. The molecule has 150 valence electrons. The summed E-state index contributed by atoms with van der Waals surface area (Å²) in [6.07, 6.45) is 1.56. The van der Waals surface area contributed by atoms with Gasteiger partial charge < -0.3 is 10.4 Å². The number of aromatic nitrogens is 2. The van der Waals surface area contributed by atoms with E-state index in [4.69, 9.17) is 16.7 Å². The van der Waals surface area contributed by atoms with E-state index >= 15 is 0 Å². The molecular formula is C22H16ClN3O3S. The van der Waals surface area contributed by atoms with E-state index in [1.54, 1.807) is 41.2 Å². The van der Waals surface area contributed by atoms with Crippen LogP contribution in [0.5, 0.6) is 0 Å². The lowest BCUT2D eigenvalue weighted by Gasteiger charge is -2.06. The highest BCUT2D eigenvalue weighted by molar-refractivity contribution is 7.19. The number of thiophene rings is 1. The lowest BCUT2D eigenvalue weighted by Crippen LogP contribution is -2.12. The first kappa shape index (κ1) is 19.9. The molecule has 0 saturated carbocycles. The fourth-order valence-electron chi connectivity index (χ4n) is 3.01. The summed E-state index contributed by atoms with van der Waals surface area (Å²) in [4.78, 5) is 24.8. The number of amides is 1. The quantitative estimate of drug-likeness (QED) is 0.437. The van der Waals surface area contributed by atoms with Crippen LogP contribution < -0.4 is 5.32 Å². The SMILES string of the molecule is O=C(O)Cc1cccc(NC(=O)c2cn(-c3ccccc3)nc2-c2ccc(Cl)s2)c1. The van der Waals surface area contributed by atoms with Gasteiger partial charge in [0.1, 0.15) is 5.69 Å². The van der Waals surface area contributed by atoms with Gasteiger partial charge in [0.25, 0.3) is 5.91 Å². The zero-order valence-corrected chi connectivity index (χ0v) is 17.2. The van der Waals surface area contributed by atoms with Gasteiger partial charge in [-0.3, -0.25) is 9.59 Å². The number of halogens is 1. The molecule has 8 heteroatoms. The third kappa shape index (κ3) is 4.42. The first-order valence-electron chi connectivity index (χ1n) is 9.02. The minimum Gasteiger partial charge on any atom is -0.481 e. The van der Waals surface area contributed by atoms with Crippen molar-refractivity contribution in [3.05, 3.63) is 88.4 Å². The van der Waals surface area contributed by atoms with Gasteiger partial charge in [-0.25, -0.2) is 4.68 Å². The largest absolute Gasteiger partial charge is 0.481 e. The molecule has 0 fully saturated rings. The summed E-state index contributed by atoms with van der Waals surface area (Å²) >= 11 is 7.43. The molecule has 2 aromatic heterocycles. The summed E-state index contributed by atoms with van der Waals surface area (Å²) in [6, 6.07) is 19.9. The van der Waals surface area contributed by atoms with E-state index in [1.807, 2.05) is 36.4 Å². The molecule has 0 spiro atoms. The van der Waals surface area contributed by atoms with Crippen molar-refractivity contribution in [3.8, 4) is 16.3 Å². The monoisotopic (exact) mass is 437 g/mol. The van der Waals surface area contributed by atoms with Gasteiger partial charge in [-0.05, 0) is 42.0 Å². The molecule has 0 radical (unpaired) electrons. The van der Waals surface area contributed by atoms with Crippen molar-refractivity contribution in [1.82, 2.24) is 9.78 Å². The summed E-state index contributed by atoms with van der Waals surface area (Å²) in [7, 11) is 0. The Kier molecular flexibility index (Phi) is 5.65. The highest BCUT2D eigenvalue weighted by atomic mass is 35.5. The number of carbonyl (C=O) groups is 2. The molecular weight excluding hydrogens is 422 g/mol. The summed E-state index contributed by atoms with van der Waals surface area (Å²) in [5.41, 5.74) is 2.85. The number of carboxylic acids is 1.